The molecule has 6 nitrogen and oxygen atoms in total. The Hall–Kier alpha value is -1.99. The summed E-state index contributed by atoms with van der Waals surface area (Å²) in [5.41, 5.74) is 1.29. The number of thioether (sulfide) groups is 1. The number of benzene rings is 1. The summed E-state index contributed by atoms with van der Waals surface area (Å²) < 4.78 is 7.67. The molecule has 1 saturated heterocycles. The molecule has 1 amide bonds. The van der Waals surface area contributed by atoms with Crippen LogP contribution < -0.4 is 10.9 Å². The second-order valence-electron chi connectivity index (χ2n) is 7.48. The third kappa shape index (κ3) is 3.21. The number of carbonyl (C=O) groups is 1. The lowest BCUT2D eigenvalue weighted by molar-refractivity contribution is -0.113. The Bertz CT molecular complexity index is 872. The van der Waals surface area contributed by atoms with Gasteiger partial charge in [0, 0.05) is 6.61 Å². The largest absolute Gasteiger partial charge is 0.375 e. The number of carbonyl (C=O) groups excluding carboxylic acids is 1. The molecule has 2 N–H and O–H groups in total. The number of aromatic amines is 1. The molecule has 0 spiro atoms. The van der Waals surface area contributed by atoms with Gasteiger partial charge in [0.25, 0.3) is 5.56 Å². The number of H-pyrrole nitrogens is 1. The van der Waals surface area contributed by atoms with Gasteiger partial charge in [-0.25, -0.2) is 0 Å². The Morgan fingerprint density at radius 3 is 2.73 bits per heavy atom. The Labute approximate surface area is 156 Å². The van der Waals surface area contributed by atoms with Crippen LogP contribution in [0.25, 0.3) is 0 Å². The second-order valence-corrected chi connectivity index (χ2v) is 8.57. The van der Waals surface area contributed by atoms with Gasteiger partial charge in [-0.05, 0) is 32.3 Å². The maximum atomic E-state index is 12.9. The van der Waals surface area contributed by atoms with Crippen LogP contribution in [0.4, 0.5) is 5.82 Å². The minimum Gasteiger partial charge on any atom is -0.375 e. The first-order valence-electron chi connectivity index (χ1n) is 8.89. The monoisotopic (exact) mass is 373 g/mol. The van der Waals surface area contributed by atoms with Crippen LogP contribution in [0.1, 0.15) is 49.1 Å². The van der Waals surface area contributed by atoms with E-state index in [1.807, 2.05) is 35.0 Å². The standard InChI is InChI=1S/C19H23N3O3S/c1-19(2)10-13(8-9-25-19)22-17-15(18(24)21-22)16(26-11-14(23)20-17)12-6-4-3-5-7-12/h3-7,13,16H,8-11H2,1-2H3,(H,20,23)(H,21,24)/t13-,16-/m1/s1. The molecule has 3 heterocycles. The van der Waals surface area contributed by atoms with Crippen molar-refractivity contribution in [3.8, 4) is 0 Å². The minimum absolute atomic E-state index is 0.0752. The van der Waals surface area contributed by atoms with E-state index in [0.717, 1.165) is 18.4 Å². The number of fused-ring (bicyclic) bond motifs is 1. The molecule has 1 aromatic heterocycles. The fourth-order valence-electron chi connectivity index (χ4n) is 3.83. The number of amides is 1. The molecule has 0 bridgehead atoms. The summed E-state index contributed by atoms with van der Waals surface area (Å²) in [6, 6.07) is 9.98. The quantitative estimate of drug-likeness (QED) is 0.848. The van der Waals surface area contributed by atoms with Crippen LogP contribution in [-0.2, 0) is 9.53 Å². The zero-order valence-corrected chi connectivity index (χ0v) is 15.8. The molecule has 7 heteroatoms. The van der Waals surface area contributed by atoms with Gasteiger partial charge >= 0.3 is 0 Å². The van der Waals surface area contributed by atoms with Crippen molar-refractivity contribution in [2.24, 2.45) is 0 Å². The maximum absolute atomic E-state index is 12.9. The molecule has 0 radical (unpaired) electrons. The van der Waals surface area contributed by atoms with E-state index in [9.17, 15) is 9.59 Å². The molecule has 0 unspecified atom stereocenters. The SMILES string of the molecule is CC1(C)C[C@H](n2[nH]c(=O)c3c2NC(=O)CS[C@@H]3c2ccccc2)CCO1. The van der Waals surface area contributed by atoms with Gasteiger partial charge in [0.05, 0.1) is 28.2 Å². The van der Waals surface area contributed by atoms with Crippen molar-refractivity contribution in [3.05, 3.63) is 51.8 Å². The molecule has 0 saturated carbocycles. The van der Waals surface area contributed by atoms with E-state index < -0.39 is 0 Å². The van der Waals surface area contributed by atoms with Crippen LogP contribution in [0, 0.1) is 0 Å². The highest BCUT2D eigenvalue weighted by Gasteiger charge is 2.35. The number of nitrogens with one attached hydrogen (secondary N) is 2. The molecule has 2 aliphatic rings. The summed E-state index contributed by atoms with van der Waals surface area (Å²) in [7, 11) is 0. The molecule has 2 aromatic rings. The van der Waals surface area contributed by atoms with Crippen molar-refractivity contribution in [2.45, 2.75) is 43.6 Å². The van der Waals surface area contributed by atoms with Crippen molar-refractivity contribution in [1.29, 1.82) is 0 Å². The minimum atomic E-state index is -0.251. The molecule has 2 atom stereocenters. The lowest BCUT2D eigenvalue weighted by Crippen LogP contribution is -2.36. The van der Waals surface area contributed by atoms with Crippen LogP contribution in [-0.4, -0.2) is 33.6 Å². The lowest BCUT2D eigenvalue weighted by Gasteiger charge is -2.36. The van der Waals surface area contributed by atoms with Crippen LogP contribution in [0.3, 0.4) is 0 Å². The number of nitrogens with zero attached hydrogens (tertiary/aromatic N) is 1. The molecule has 2 aliphatic heterocycles. The first-order valence-corrected chi connectivity index (χ1v) is 9.94. The van der Waals surface area contributed by atoms with E-state index in [4.69, 9.17) is 4.74 Å². The smallest absolute Gasteiger partial charge is 0.270 e. The Balaban J connectivity index is 1.80. The lowest BCUT2D eigenvalue weighted by atomic mass is 9.94. The van der Waals surface area contributed by atoms with E-state index in [-0.39, 0.29) is 28.4 Å². The Morgan fingerprint density at radius 2 is 2.00 bits per heavy atom. The maximum Gasteiger partial charge on any atom is 0.270 e. The first kappa shape index (κ1) is 17.4. The third-order valence-electron chi connectivity index (χ3n) is 5.00. The number of hydrogen-bond donors (Lipinski definition) is 2. The van der Waals surface area contributed by atoms with Gasteiger partial charge in [-0.3, -0.25) is 19.4 Å². The van der Waals surface area contributed by atoms with Crippen molar-refractivity contribution in [3.63, 3.8) is 0 Å². The highest BCUT2D eigenvalue weighted by Crippen LogP contribution is 2.42. The molecule has 4 rings (SSSR count). The van der Waals surface area contributed by atoms with Gasteiger partial charge < -0.3 is 10.1 Å². The fourth-order valence-corrected chi connectivity index (χ4v) is 4.95. The number of ether oxygens (including phenoxy) is 1. The predicted molar refractivity (Wildman–Crippen MR) is 103 cm³/mol. The Kier molecular flexibility index (Phi) is 4.44. The van der Waals surface area contributed by atoms with Gasteiger partial charge in [-0.2, -0.15) is 0 Å². The zero-order valence-electron chi connectivity index (χ0n) is 15.0. The van der Waals surface area contributed by atoms with E-state index in [1.165, 1.54) is 11.8 Å². The summed E-state index contributed by atoms with van der Waals surface area (Å²) >= 11 is 1.49. The van der Waals surface area contributed by atoms with Gasteiger partial charge in [-0.1, -0.05) is 30.3 Å². The van der Waals surface area contributed by atoms with Gasteiger partial charge in [0.1, 0.15) is 5.82 Å². The van der Waals surface area contributed by atoms with E-state index in [2.05, 4.69) is 24.3 Å². The molecule has 0 aliphatic carbocycles. The molecular weight excluding hydrogens is 350 g/mol. The predicted octanol–water partition coefficient (Wildman–Crippen LogP) is 3.08. The van der Waals surface area contributed by atoms with Gasteiger partial charge in [0.2, 0.25) is 5.91 Å². The fraction of sp³-hybridized carbons (Fsp3) is 0.474. The zero-order chi connectivity index (χ0) is 18.3. The van der Waals surface area contributed by atoms with Crippen molar-refractivity contribution in [1.82, 2.24) is 9.78 Å². The molecule has 1 fully saturated rings. The number of hydrogen-bond acceptors (Lipinski definition) is 4. The van der Waals surface area contributed by atoms with E-state index >= 15 is 0 Å². The topological polar surface area (TPSA) is 76.1 Å². The second kappa shape index (κ2) is 6.63. The summed E-state index contributed by atoms with van der Waals surface area (Å²) in [6.45, 7) is 4.75. The summed E-state index contributed by atoms with van der Waals surface area (Å²) in [5.74, 6) is 0.864. The molecule has 1 aromatic carbocycles. The molecular formula is C19H23N3O3S. The highest BCUT2D eigenvalue weighted by molar-refractivity contribution is 8.00. The van der Waals surface area contributed by atoms with Crippen molar-refractivity contribution >= 4 is 23.5 Å². The molecule has 26 heavy (non-hydrogen) atoms. The average molecular weight is 373 g/mol. The van der Waals surface area contributed by atoms with Crippen LogP contribution >= 0.6 is 11.8 Å². The van der Waals surface area contributed by atoms with Gasteiger partial charge in [0.15, 0.2) is 0 Å². The number of rotatable bonds is 2. The van der Waals surface area contributed by atoms with E-state index in [0.29, 0.717) is 23.7 Å². The van der Waals surface area contributed by atoms with E-state index in [1.54, 1.807) is 0 Å². The number of anilines is 1. The van der Waals surface area contributed by atoms with Crippen molar-refractivity contribution < 1.29 is 9.53 Å². The van der Waals surface area contributed by atoms with Crippen LogP contribution in [0.5, 0.6) is 0 Å². The Morgan fingerprint density at radius 1 is 1.23 bits per heavy atom. The average Bonchev–Trinajstić information content (AvgIpc) is 2.81. The summed E-state index contributed by atoms with van der Waals surface area (Å²) in [5, 5.41) is 5.79. The normalized spacial score (nSPS) is 25.2. The van der Waals surface area contributed by atoms with Crippen LogP contribution in [0.2, 0.25) is 0 Å². The third-order valence-corrected chi connectivity index (χ3v) is 6.27. The summed E-state index contributed by atoms with van der Waals surface area (Å²) in [4.78, 5) is 25.2. The van der Waals surface area contributed by atoms with Gasteiger partial charge in [-0.15, -0.1) is 11.8 Å². The first-order chi connectivity index (χ1) is 12.4. The number of aromatic nitrogens is 2. The molecule has 138 valence electrons. The summed E-state index contributed by atoms with van der Waals surface area (Å²) in [6.07, 6.45) is 1.59. The van der Waals surface area contributed by atoms with Crippen LogP contribution in [0.15, 0.2) is 35.1 Å². The van der Waals surface area contributed by atoms with Crippen molar-refractivity contribution in [2.75, 3.05) is 17.7 Å². The highest BCUT2D eigenvalue weighted by atomic mass is 32.2.